The molecule has 3 aromatic rings. The molecule has 0 bridgehead atoms. The topological polar surface area (TPSA) is 109 Å². The van der Waals surface area contributed by atoms with Crippen LogP contribution in [0.25, 0.3) is 10.8 Å². The molecule has 1 N–H and O–H groups in total. The first-order valence-electron chi connectivity index (χ1n) is 20.4. The molecule has 1 saturated carbocycles. The molecule has 4 saturated heterocycles. The number of H-pyrrole nitrogens is 1. The highest BCUT2D eigenvalue weighted by molar-refractivity contribution is 5.83. The Hall–Kier alpha value is -3.71. The number of likely N-dealkylation sites (tertiary alicyclic amines) is 1. The summed E-state index contributed by atoms with van der Waals surface area (Å²) in [6.45, 7) is 11.1. The van der Waals surface area contributed by atoms with Crippen molar-refractivity contribution >= 4 is 22.6 Å². The van der Waals surface area contributed by atoms with Gasteiger partial charge in [-0.15, -0.1) is 0 Å². The maximum atomic E-state index is 15.1. The van der Waals surface area contributed by atoms with E-state index in [2.05, 4.69) is 36.7 Å². The van der Waals surface area contributed by atoms with Crippen LogP contribution >= 0.6 is 0 Å². The van der Waals surface area contributed by atoms with Crippen molar-refractivity contribution in [1.82, 2.24) is 34.7 Å². The standard InChI is InChI=1S/C42H56FN7O4/c1-29-26-47(17-22-50(29)38(51)25-30-7-3-2-4-8-30)27-31-13-15-46(16-14-31)28-39(52)48-18-20-49(21-19-48)42-40(54-42)35-23-32(11-12-36(35)43)24-37-33-9-5-6-10-34(33)41(53)45-44-37/h5-6,9-12,23,29-31,40,42H,2-4,7-8,13-22,24-28H2,1H3,(H,45,53)/t29-,40?,42?/m1/s1. The second-order valence-corrected chi connectivity index (χ2v) is 16.6. The molecule has 2 aromatic carbocycles. The molecule has 290 valence electrons. The third-order valence-corrected chi connectivity index (χ3v) is 12.8. The number of ether oxygens (including phenoxy) is 1. The first-order chi connectivity index (χ1) is 26.3. The summed E-state index contributed by atoms with van der Waals surface area (Å²) in [5.41, 5.74) is 1.94. The lowest BCUT2D eigenvalue weighted by molar-refractivity contribution is -0.137. The number of hydrogen-bond donors (Lipinski definition) is 1. The number of piperidine rings is 1. The molecule has 0 radical (unpaired) electrons. The van der Waals surface area contributed by atoms with Crippen molar-refractivity contribution in [3.8, 4) is 0 Å². The van der Waals surface area contributed by atoms with E-state index in [0.717, 1.165) is 75.2 Å². The van der Waals surface area contributed by atoms with Gasteiger partial charge in [0.15, 0.2) is 0 Å². The molecule has 1 aromatic heterocycles. The van der Waals surface area contributed by atoms with E-state index in [0.29, 0.717) is 67.8 Å². The zero-order valence-corrected chi connectivity index (χ0v) is 31.8. The third kappa shape index (κ3) is 8.56. The molecule has 8 rings (SSSR count). The molecule has 2 amide bonds. The van der Waals surface area contributed by atoms with Gasteiger partial charge in [0.2, 0.25) is 11.8 Å². The molecule has 2 unspecified atom stereocenters. The minimum Gasteiger partial charge on any atom is -0.348 e. The van der Waals surface area contributed by atoms with Crippen LogP contribution in [-0.4, -0.2) is 131 Å². The molecule has 1 aliphatic carbocycles. The summed E-state index contributed by atoms with van der Waals surface area (Å²) in [5, 5.41) is 8.25. The van der Waals surface area contributed by atoms with Crippen LogP contribution in [0, 0.1) is 17.7 Å². The van der Waals surface area contributed by atoms with Crippen molar-refractivity contribution < 1.29 is 18.7 Å². The zero-order valence-electron chi connectivity index (χ0n) is 31.8. The molecule has 5 aliphatic rings. The number of hydrogen-bond acceptors (Lipinski definition) is 8. The minimum absolute atomic E-state index is 0.186. The summed E-state index contributed by atoms with van der Waals surface area (Å²) >= 11 is 0. The van der Waals surface area contributed by atoms with Crippen molar-refractivity contribution in [2.45, 2.75) is 83.1 Å². The number of nitrogens with one attached hydrogen (secondary N) is 1. The SMILES string of the molecule is C[C@@H]1CN(CC2CCN(CC(=O)N3CCN(C4OC4c4cc(Cc5n[nH]c(=O)c6ccccc56)ccc4F)CC3)CC2)CCN1C(=O)CC1CCCCC1. The molecule has 0 spiro atoms. The van der Waals surface area contributed by atoms with Gasteiger partial charge in [-0.1, -0.05) is 43.5 Å². The largest absolute Gasteiger partial charge is 0.348 e. The fraction of sp³-hybridized carbons (Fsp3) is 0.619. The van der Waals surface area contributed by atoms with Gasteiger partial charge in [0.05, 0.1) is 17.6 Å². The van der Waals surface area contributed by atoms with E-state index in [1.807, 2.05) is 29.2 Å². The second kappa shape index (κ2) is 16.6. The Morgan fingerprint density at radius 1 is 0.852 bits per heavy atom. The summed E-state index contributed by atoms with van der Waals surface area (Å²) in [6, 6.07) is 12.8. The summed E-state index contributed by atoms with van der Waals surface area (Å²) in [6.07, 6.45) is 9.18. The van der Waals surface area contributed by atoms with E-state index in [4.69, 9.17) is 4.74 Å². The van der Waals surface area contributed by atoms with E-state index >= 15 is 4.39 Å². The van der Waals surface area contributed by atoms with E-state index in [-0.39, 0.29) is 35.7 Å². The number of aromatic nitrogens is 2. The van der Waals surface area contributed by atoms with Gasteiger partial charge in [-0.3, -0.25) is 29.1 Å². The monoisotopic (exact) mass is 741 g/mol. The first-order valence-corrected chi connectivity index (χ1v) is 20.4. The van der Waals surface area contributed by atoms with Crippen LogP contribution in [0.15, 0.2) is 47.3 Å². The number of carbonyl (C=O) groups excluding carboxylic acids is 2. The molecule has 5 fully saturated rings. The summed E-state index contributed by atoms with van der Waals surface area (Å²) in [4.78, 5) is 49.9. The quantitative estimate of drug-likeness (QED) is 0.305. The van der Waals surface area contributed by atoms with Crippen LogP contribution in [0.3, 0.4) is 0 Å². The van der Waals surface area contributed by atoms with Crippen molar-refractivity contribution in [3.63, 3.8) is 0 Å². The predicted octanol–water partition coefficient (Wildman–Crippen LogP) is 4.41. The van der Waals surface area contributed by atoms with Crippen molar-refractivity contribution in [2.24, 2.45) is 11.8 Å². The number of amides is 2. The van der Waals surface area contributed by atoms with E-state index in [1.54, 1.807) is 12.1 Å². The molecule has 5 heterocycles. The van der Waals surface area contributed by atoms with E-state index in [1.165, 1.54) is 38.2 Å². The highest BCUT2D eigenvalue weighted by Crippen LogP contribution is 2.43. The van der Waals surface area contributed by atoms with Crippen molar-refractivity contribution in [1.29, 1.82) is 0 Å². The molecule has 54 heavy (non-hydrogen) atoms. The zero-order chi connectivity index (χ0) is 37.2. The molecule has 12 heteroatoms. The van der Waals surface area contributed by atoms with Gasteiger partial charge in [0.1, 0.15) is 18.1 Å². The number of epoxide rings is 1. The normalized spacial score (nSPS) is 25.3. The van der Waals surface area contributed by atoms with Crippen LogP contribution in [-0.2, 0) is 20.7 Å². The highest BCUT2D eigenvalue weighted by Gasteiger charge is 2.47. The van der Waals surface area contributed by atoms with Crippen LogP contribution < -0.4 is 5.56 Å². The number of carbonyl (C=O) groups is 2. The number of nitrogens with zero attached hydrogens (tertiary/aromatic N) is 6. The number of fused-ring (bicyclic) bond motifs is 1. The summed E-state index contributed by atoms with van der Waals surface area (Å²) < 4.78 is 21.1. The van der Waals surface area contributed by atoms with E-state index in [9.17, 15) is 14.4 Å². The fourth-order valence-corrected chi connectivity index (χ4v) is 9.56. The number of piperazine rings is 2. The molecule has 11 nitrogen and oxygen atoms in total. The van der Waals surface area contributed by atoms with Gasteiger partial charge < -0.3 is 14.5 Å². The van der Waals surface area contributed by atoms with Crippen LogP contribution in [0.5, 0.6) is 0 Å². The van der Waals surface area contributed by atoms with Gasteiger partial charge in [-0.25, -0.2) is 9.49 Å². The Morgan fingerprint density at radius 3 is 2.37 bits per heavy atom. The van der Waals surface area contributed by atoms with Gasteiger partial charge in [-0.05, 0) is 81.3 Å². The highest BCUT2D eigenvalue weighted by atomic mass is 19.1. The third-order valence-electron chi connectivity index (χ3n) is 12.8. The minimum atomic E-state index is -0.352. The average molecular weight is 742 g/mol. The van der Waals surface area contributed by atoms with Gasteiger partial charge in [-0.2, -0.15) is 5.10 Å². The maximum absolute atomic E-state index is 15.1. The molecular weight excluding hydrogens is 686 g/mol. The van der Waals surface area contributed by atoms with Crippen LogP contribution in [0.2, 0.25) is 0 Å². The number of halogens is 1. The average Bonchev–Trinajstić information content (AvgIpc) is 3.99. The summed E-state index contributed by atoms with van der Waals surface area (Å²) in [7, 11) is 0. The number of rotatable bonds is 10. The molecule has 3 atom stereocenters. The molecular formula is C42H56FN7O4. The Bertz CT molecular complexity index is 1850. The van der Waals surface area contributed by atoms with Gasteiger partial charge >= 0.3 is 0 Å². The number of benzene rings is 2. The van der Waals surface area contributed by atoms with Crippen LogP contribution in [0.1, 0.15) is 81.2 Å². The van der Waals surface area contributed by atoms with E-state index < -0.39 is 0 Å². The Labute approximate surface area is 317 Å². The second-order valence-electron chi connectivity index (χ2n) is 16.6. The van der Waals surface area contributed by atoms with Gasteiger partial charge in [0, 0.05) is 82.2 Å². The number of aromatic amines is 1. The van der Waals surface area contributed by atoms with Gasteiger partial charge in [0.25, 0.3) is 5.56 Å². The first kappa shape index (κ1) is 37.2. The maximum Gasteiger partial charge on any atom is 0.272 e. The van der Waals surface area contributed by atoms with Crippen molar-refractivity contribution in [2.75, 3.05) is 72.0 Å². The van der Waals surface area contributed by atoms with Crippen LogP contribution in [0.4, 0.5) is 4.39 Å². The lowest BCUT2D eigenvalue weighted by Gasteiger charge is -2.43. The fourth-order valence-electron chi connectivity index (χ4n) is 9.56. The Morgan fingerprint density at radius 2 is 1.61 bits per heavy atom. The Balaban J connectivity index is 0.750. The summed E-state index contributed by atoms with van der Waals surface area (Å²) in [5.74, 6) is 1.48. The predicted molar refractivity (Wildman–Crippen MR) is 205 cm³/mol. The van der Waals surface area contributed by atoms with Crippen molar-refractivity contribution in [3.05, 3.63) is 75.5 Å². The lowest BCUT2D eigenvalue weighted by atomic mass is 9.86. The molecule has 4 aliphatic heterocycles. The smallest absolute Gasteiger partial charge is 0.272 e. The Kier molecular flexibility index (Phi) is 11.4. The lowest BCUT2D eigenvalue weighted by Crippen LogP contribution is -2.55.